The molecule has 10 heteroatoms. The number of amides is 1. The fourth-order valence-corrected chi connectivity index (χ4v) is 4.98. The largest absolute Gasteiger partial charge is 0.368 e. The minimum atomic E-state index is -3.84. The van der Waals surface area contributed by atoms with Crippen LogP contribution >= 0.6 is 11.6 Å². The monoisotopic (exact) mass is 436 g/mol. The van der Waals surface area contributed by atoms with Gasteiger partial charge in [0.1, 0.15) is 11.9 Å². The molecule has 29 heavy (non-hydrogen) atoms. The zero-order valence-electron chi connectivity index (χ0n) is 15.3. The lowest BCUT2D eigenvalue weighted by Crippen LogP contribution is -2.51. The highest BCUT2D eigenvalue weighted by molar-refractivity contribution is 7.89. The van der Waals surface area contributed by atoms with Crippen LogP contribution in [0.4, 0.5) is 4.39 Å². The molecule has 0 aromatic heterocycles. The molecule has 1 saturated heterocycles. The molecule has 1 unspecified atom stereocenters. The number of halogens is 2. The van der Waals surface area contributed by atoms with Gasteiger partial charge in [-0.3, -0.25) is 9.69 Å². The van der Waals surface area contributed by atoms with E-state index in [-0.39, 0.29) is 36.1 Å². The molecule has 1 aliphatic heterocycles. The first-order chi connectivity index (χ1) is 13.7. The van der Waals surface area contributed by atoms with Crippen LogP contribution in [0.3, 0.4) is 0 Å². The Labute approximate surface area is 173 Å². The lowest BCUT2D eigenvalue weighted by Gasteiger charge is -2.37. The molecule has 152 valence electrons. The normalized spacial score (nSPS) is 16.9. The van der Waals surface area contributed by atoms with Crippen molar-refractivity contribution in [1.82, 2.24) is 9.21 Å². The summed E-state index contributed by atoms with van der Waals surface area (Å²) >= 11 is 5.71. The standard InChI is InChI=1S/C19H18ClFN4O3S/c20-16-11-15(5-6-17(16)21)29(27,28)25-9-7-24(8-10-25)18(19(23)26)14-3-1-13(12-22)2-4-14/h1-6,11,18H,7-10H2,(H2,23,26). The van der Waals surface area contributed by atoms with Crippen molar-refractivity contribution in [3.8, 4) is 6.07 Å². The zero-order chi connectivity index (χ0) is 21.2. The molecule has 1 amide bonds. The number of carbonyl (C=O) groups is 1. The quantitative estimate of drug-likeness (QED) is 0.770. The number of nitriles is 1. The summed E-state index contributed by atoms with van der Waals surface area (Å²) in [4.78, 5) is 13.8. The summed E-state index contributed by atoms with van der Waals surface area (Å²) < 4.78 is 40.2. The van der Waals surface area contributed by atoms with E-state index in [9.17, 15) is 17.6 Å². The van der Waals surface area contributed by atoms with Gasteiger partial charge < -0.3 is 5.73 Å². The molecule has 2 aromatic carbocycles. The molecular formula is C19H18ClFN4O3S. The van der Waals surface area contributed by atoms with Crippen LogP contribution in [0.5, 0.6) is 0 Å². The molecule has 2 aromatic rings. The van der Waals surface area contributed by atoms with Crippen LogP contribution < -0.4 is 5.73 Å². The van der Waals surface area contributed by atoms with Crippen LogP contribution in [0.2, 0.25) is 5.02 Å². The van der Waals surface area contributed by atoms with E-state index in [1.165, 1.54) is 10.4 Å². The predicted octanol–water partition coefficient (Wildman–Crippen LogP) is 1.88. The number of nitrogens with zero attached hydrogens (tertiary/aromatic N) is 3. The number of hydrogen-bond donors (Lipinski definition) is 1. The Morgan fingerprint density at radius 1 is 1.14 bits per heavy atom. The van der Waals surface area contributed by atoms with Crippen LogP contribution in [0.25, 0.3) is 0 Å². The highest BCUT2D eigenvalue weighted by atomic mass is 35.5. The highest BCUT2D eigenvalue weighted by Gasteiger charge is 2.33. The summed E-state index contributed by atoms with van der Waals surface area (Å²) in [7, 11) is -3.84. The number of rotatable bonds is 5. The SMILES string of the molecule is N#Cc1ccc(C(C(N)=O)N2CCN(S(=O)(=O)c3ccc(F)c(Cl)c3)CC2)cc1. The van der Waals surface area contributed by atoms with Gasteiger partial charge in [-0.1, -0.05) is 23.7 Å². The van der Waals surface area contributed by atoms with Gasteiger partial charge in [0.05, 0.1) is 21.6 Å². The number of nitrogens with two attached hydrogens (primary N) is 1. The van der Waals surface area contributed by atoms with Crippen molar-refractivity contribution in [2.75, 3.05) is 26.2 Å². The molecule has 7 nitrogen and oxygen atoms in total. The highest BCUT2D eigenvalue weighted by Crippen LogP contribution is 2.26. The predicted molar refractivity (Wildman–Crippen MR) is 105 cm³/mol. The lowest BCUT2D eigenvalue weighted by molar-refractivity contribution is -0.124. The van der Waals surface area contributed by atoms with Gasteiger partial charge in [-0.25, -0.2) is 12.8 Å². The van der Waals surface area contributed by atoms with Crippen molar-refractivity contribution in [2.45, 2.75) is 10.9 Å². The number of sulfonamides is 1. The maximum absolute atomic E-state index is 13.3. The van der Waals surface area contributed by atoms with Crippen molar-refractivity contribution in [3.63, 3.8) is 0 Å². The maximum Gasteiger partial charge on any atom is 0.243 e. The Morgan fingerprint density at radius 2 is 1.76 bits per heavy atom. The third-order valence-corrected chi connectivity index (χ3v) is 6.98. The smallest absolute Gasteiger partial charge is 0.243 e. The van der Waals surface area contributed by atoms with E-state index in [2.05, 4.69) is 0 Å². The molecule has 0 aliphatic carbocycles. The van der Waals surface area contributed by atoms with E-state index in [1.807, 2.05) is 6.07 Å². The second kappa shape index (κ2) is 8.47. The van der Waals surface area contributed by atoms with E-state index in [4.69, 9.17) is 22.6 Å². The van der Waals surface area contributed by atoms with Crippen LogP contribution in [-0.4, -0.2) is 49.7 Å². The van der Waals surface area contributed by atoms with Crippen molar-refractivity contribution in [2.24, 2.45) is 5.73 Å². The second-order valence-corrected chi connectivity index (χ2v) is 8.90. The van der Waals surface area contributed by atoms with E-state index < -0.39 is 27.8 Å². The summed E-state index contributed by atoms with van der Waals surface area (Å²) in [5.41, 5.74) is 6.69. The number of carbonyl (C=O) groups excluding carboxylic acids is 1. The van der Waals surface area contributed by atoms with Gasteiger partial charge in [0.25, 0.3) is 0 Å². The minimum Gasteiger partial charge on any atom is -0.368 e. The Morgan fingerprint density at radius 3 is 2.28 bits per heavy atom. The Balaban J connectivity index is 1.76. The first-order valence-electron chi connectivity index (χ1n) is 8.72. The average molecular weight is 437 g/mol. The number of primary amides is 1. The second-order valence-electron chi connectivity index (χ2n) is 6.55. The lowest BCUT2D eigenvalue weighted by atomic mass is 10.0. The van der Waals surface area contributed by atoms with Gasteiger partial charge in [-0.05, 0) is 35.9 Å². The van der Waals surface area contributed by atoms with Crippen LogP contribution in [0, 0.1) is 17.1 Å². The van der Waals surface area contributed by atoms with Gasteiger partial charge in [0.2, 0.25) is 15.9 Å². The van der Waals surface area contributed by atoms with E-state index in [0.717, 1.165) is 12.1 Å². The number of hydrogen-bond acceptors (Lipinski definition) is 5. The zero-order valence-corrected chi connectivity index (χ0v) is 16.8. The van der Waals surface area contributed by atoms with Crippen LogP contribution in [0.1, 0.15) is 17.2 Å². The fourth-order valence-electron chi connectivity index (χ4n) is 3.28. The Hall–Kier alpha value is -2.51. The number of piperazine rings is 1. The van der Waals surface area contributed by atoms with Crippen molar-refractivity contribution < 1.29 is 17.6 Å². The first kappa shape index (κ1) is 21.2. The van der Waals surface area contributed by atoms with Crippen molar-refractivity contribution >= 4 is 27.5 Å². The first-order valence-corrected chi connectivity index (χ1v) is 10.5. The summed E-state index contributed by atoms with van der Waals surface area (Å²) in [6, 6.07) is 11.1. The molecule has 1 atom stereocenters. The van der Waals surface area contributed by atoms with Gasteiger partial charge >= 0.3 is 0 Å². The van der Waals surface area contributed by atoms with Crippen LogP contribution in [0.15, 0.2) is 47.4 Å². The molecule has 0 bridgehead atoms. The van der Waals surface area contributed by atoms with Gasteiger partial charge in [0.15, 0.2) is 0 Å². The van der Waals surface area contributed by atoms with E-state index >= 15 is 0 Å². The fraction of sp³-hybridized carbons (Fsp3) is 0.263. The van der Waals surface area contributed by atoms with Crippen LogP contribution in [-0.2, 0) is 14.8 Å². The van der Waals surface area contributed by atoms with Gasteiger partial charge in [0, 0.05) is 26.2 Å². The summed E-state index contributed by atoms with van der Waals surface area (Å²) in [5.74, 6) is -1.25. The third kappa shape index (κ3) is 4.41. The topological polar surface area (TPSA) is 107 Å². The molecule has 0 saturated carbocycles. The van der Waals surface area contributed by atoms with E-state index in [0.29, 0.717) is 11.1 Å². The van der Waals surface area contributed by atoms with E-state index in [1.54, 1.807) is 29.2 Å². The molecule has 1 fully saturated rings. The average Bonchev–Trinajstić information content (AvgIpc) is 2.71. The molecule has 1 aliphatic rings. The Bertz CT molecular complexity index is 1060. The minimum absolute atomic E-state index is 0.0871. The maximum atomic E-state index is 13.3. The number of benzene rings is 2. The summed E-state index contributed by atoms with van der Waals surface area (Å²) in [6.45, 7) is 0.832. The molecule has 3 rings (SSSR count). The Kier molecular flexibility index (Phi) is 6.19. The molecule has 0 spiro atoms. The third-order valence-electron chi connectivity index (χ3n) is 4.79. The summed E-state index contributed by atoms with van der Waals surface area (Å²) in [5, 5.41) is 8.65. The molecule has 1 heterocycles. The van der Waals surface area contributed by atoms with Crippen molar-refractivity contribution in [3.05, 3.63) is 64.4 Å². The molecular weight excluding hydrogens is 419 g/mol. The summed E-state index contributed by atoms with van der Waals surface area (Å²) in [6.07, 6.45) is 0. The molecule has 0 radical (unpaired) electrons. The van der Waals surface area contributed by atoms with Crippen molar-refractivity contribution in [1.29, 1.82) is 5.26 Å². The van der Waals surface area contributed by atoms with Gasteiger partial charge in [-0.15, -0.1) is 0 Å². The molecule has 2 N–H and O–H groups in total. The van der Waals surface area contributed by atoms with Gasteiger partial charge in [-0.2, -0.15) is 9.57 Å².